The standard InChI is InChI=1S/C14H25N3/c1-2-4-6-14(7-5-3-1)12-15-8-10-17-11-9-16-13-17/h9,11,13-15H,1-8,10,12H2. The molecule has 0 aromatic carbocycles. The van der Waals surface area contributed by atoms with Crippen LogP contribution in [-0.4, -0.2) is 22.6 Å². The van der Waals surface area contributed by atoms with Crippen LogP contribution in [0, 0.1) is 5.92 Å². The lowest BCUT2D eigenvalue weighted by atomic mass is 9.91. The zero-order valence-corrected chi connectivity index (χ0v) is 10.8. The molecular weight excluding hydrogens is 210 g/mol. The van der Waals surface area contributed by atoms with Crippen LogP contribution in [-0.2, 0) is 6.54 Å². The van der Waals surface area contributed by atoms with Crippen LogP contribution in [0.3, 0.4) is 0 Å². The highest BCUT2D eigenvalue weighted by Crippen LogP contribution is 2.21. The minimum atomic E-state index is 0.915. The summed E-state index contributed by atoms with van der Waals surface area (Å²) in [5, 5.41) is 3.59. The second kappa shape index (κ2) is 7.49. The fourth-order valence-electron chi connectivity index (χ4n) is 2.68. The van der Waals surface area contributed by atoms with E-state index in [1.807, 2.05) is 18.7 Å². The number of nitrogens with one attached hydrogen (secondary N) is 1. The Morgan fingerprint density at radius 2 is 1.88 bits per heavy atom. The minimum Gasteiger partial charge on any atom is -0.336 e. The maximum Gasteiger partial charge on any atom is 0.0946 e. The first-order valence-electron chi connectivity index (χ1n) is 7.11. The average molecular weight is 235 g/mol. The van der Waals surface area contributed by atoms with E-state index >= 15 is 0 Å². The van der Waals surface area contributed by atoms with Crippen LogP contribution in [0.25, 0.3) is 0 Å². The zero-order valence-electron chi connectivity index (χ0n) is 10.8. The van der Waals surface area contributed by atoms with Crippen LogP contribution in [0.2, 0.25) is 0 Å². The average Bonchev–Trinajstić information content (AvgIpc) is 2.79. The molecule has 1 aromatic heterocycles. The highest BCUT2D eigenvalue weighted by molar-refractivity contribution is 4.74. The van der Waals surface area contributed by atoms with Crippen molar-refractivity contribution < 1.29 is 0 Å². The quantitative estimate of drug-likeness (QED) is 0.795. The molecule has 1 aliphatic carbocycles. The molecule has 17 heavy (non-hydrogen) atoms. The molecular formula is C14H25N3. The van der Waals surface area contributed by atoms with E-state index in [0.717, 1.165) is 19.0 Å². The lowest BCUT2D eigenvalue weighted by Gasteiger charge is -2.20. The predicted octanol–water partition coefficient (Wildman–Crippen LogP) is 2.83. The lowest BCUT2D eigenvalue weighted by molar-refractivity contribution is 0.359. The molecule has 1 aromatic rings. The van der Waals surface area contributed by atoms with Crippen molar-refractivity contribution in [2.45, 2.75) is 51.5 Å². The molecule has 1 heterocycles. The van der Waals surface area contributed by atoms with Gasteiger partial charge in [-0.1, -0.05) is 32.1 Å². The Hall–Kier alpha value is -0.830. The molecule has 3 nitrogen and oxygen atoms in total. The molecule has 0 bridgehead atoms. The van der Waals surface area contributed by atoms with Gasteiger partial charge in [0, 0.05) is 25.5 Å². The largest absolute Gasteiger partial charge is 0.336 e. The predicted molar refractivity (Wildman–Crippen MR) is 70.9 cm³/mol. The molecule has 0 unspecified atom stereocenters. The third-order valence-electron chi connectivity index (χ3n) is 3.76. The zero-order chi connectivity index (χ0) is 11.8. The van der Waals surface area contributed by atoms with Gasteiger partial charge >= 0.3 is 0 Å². The van der Waals surface area contributed by atoms with E-state index in [-0.39, 0.29) is 0 Å². The summed E-state index contributed by atoms with van der Waals surface area (Å²) < 4.78 is 2.13. The molecule has 0 saturated heterocycles. The summed E-state index contributed by atoms with van der Waals surface area (Å²) in [6, 6.07) is 0. The van der Waals surface area contributed by atoms with Gasteiger partial charge in [0.05, 0.1) is 6.33 Å². The van der Waals surface area contributed by atoms with Gasteiger partial charge in [-0.05, 0) is 25.3 Å². The summed E-state index contributed by atoms with van der Waals surface area (Å²) in [4.78, 5) is 4.05. The molecule has 1 saturated carbocycles. The molecule has 0 spiro atoms. The Morgan fingerprint density at radius 3 is 2.59 bits per heavy atom. The van der Waals surface area contributed by atoms with E-state index in [2.05, 4.69) is 14.9 Å². The van der Waals surface area contributed by atoms with Crippen LogP contribution in [0.5, 0.6) is 0 Å². The summed E-state index contributed by atoms with van der Waals surface area (Å²) in [6.07, 6.45) is 15.8. The highest BCUT2D eigenvalue weighted by atomic mass is 15.0. The molecule has 0 aliphatic heterocycles. The minimum absolute atomic E-state index is 0.915. The van der Waals surface area contributed by atoms with Crippen molar-refractivity contribution in [1.82, 2.24) is 14.9 Å². The maximum atomic E-state index is 4.05. The second-order valence-corrected chi connectivity index (χ2v) is 5.22. The van der Waals surface area contributed by atoms with Crippen molar-refractivity contribution in [3.05, 3.63) is 18.7 Å². The van der Waals surface area contributed by atoms with Gasteiger partial charge in [0.25, 0.3) is 0 Å². The van der Waals surface area contributed by atoms with Crippen LogP contribution in [0.4, 0.5) is 0 Å². The summed E-state index contributed by atoms with van der Waals surface area (Å²) >= 11 is 0. The third kappa shape index (κ3) is 4.90. The summed E-state index contributed by atoms with van der Waals surface area (Å²) in [6.45, 7) is 3.30. The van der Waals surface area contributed by atoms with Gasteiger partial charge in [-0.15, -0.1) is 0 Å². The fourth-order valence-corrected chi connectivity index (χ4v) is 2.68. The Kier molecular flexibility index (Phi) is 5.56. The maximum absolute atomic E-state index is 4.05. The van der Waals surface area contributed by atoms with Crippen LogP contribution in [0.1, 0.15) is 44.9 Å². The molecule has 96 valence electrons. The lowest BCUT2D eigenvalue weighted by Crippen LogP contribution is -2.26. The number of imidazole rings is 1. The molecule has 3 heteroatoms. The Balaban J connectivity index is 1.57. The summed E-state index contributed by atoms with van der Waals surface area (Å²) in [7, 11) is 0. The molecule has 0 amide bonds. The fraction of sp³-hybridized carbons (Fsp3) is 0.786. The van der Waals surface area contributed by atoms with Gasteiger partial charge in [-0.25, -0.2) is 4.98 Å². The molecule has 1 N–H and O–H groups in total. The van der Waals surface area contributed by atoms with E-state index in [4.69, 9.17) is 0 Å². The first-order chi connectivity index (χ1) is 8.45. The number of nitrogens with zero attached hydrogens (tertiary/aromatic N) is 2. The molecule has 0 atom stereocenters. The van der Waals surface area contributed by atoms with Gasteiger partial charge in [0.15, 0.2) is 0 Å². The Morgan fingerprint density at radius 1 is 1.12 bits per heavy atom. The Labute approximate surface area is 105 Å². The third-order valence-corrected chi connectivity index (χ3v) is 3.76. The van der Waals surface area contributed by atoms with Gasteiger partial charge in [-0.2, -0.15) is 0 Å². The van der Waals surface area contributed by atoms with Crippen molar-refractivity contribution in [1.29, 1.82) is 0 Å². The van der Waals surface area contributed by atoms with E-state index in [1.165, 1.54) is 51.5 Å². The number of aromatic nitrogens is 2. The molecule has 1 fully saturated rings. The molecule has 0 radical (unpaired) electrons. The topological polar surface area (TPSA) is 29.9 Å². The highest BCUT2D eigenvalue weighted by Gasteiger charge is 2.10. The first kappa shape index (κ1) is 12.6. The van der Waals surface area contributed by atoms with Crippen molar-refractivity contribution in [3.8, 4) is 0 Å². The van der Waals surface area contributed by atoms with Gasteiger partial charge < -0.3 is 9.88 Å². The summed E-state index contributed by atoms with van der Waals surface area (Å²) in [5.41, 5.74) is 0. The van der Waals surface area contributed by atoms with Crippen molar-refractivity contribution in [2.75, 3.05) is 13.1 Å². The normalized spacial score (nSPS) is 18.8. The van der Waals surface area contributed by atoms with E-state index in [9.17, 15) is 0 Å². The SMILES string of the molecule is c1cn(CCNCC2CCCCCCC2)cn1. The number of rotatable bonds is 5. The van der Waals surface area contributed by atoms with Crippen LogP contribution in [0.15, 0.2) is 18.7 Å². The van der Waals surface area contributed by atoms with E-state index in [0.29, 0.717) is 0 Å². The summed E-state index contributed by atoms with van der Waals surface area (Å²) in [5.74, 6) is 0.915. The van der Waals surface area contributed by atoms with Crippen LogP contribution >= 0.6 is 0 Å². The van der Waals surface area contributed by atoms with E-state index in [1.54, 1.807) is 0 Å². The Bertz CT molecular complexity index is 274. The number of hydrogen-bond donors (Lipinski definition) is 1. The second-order valence-electron chi connectivity index (χ2n) is 5.22. The smallest absolute Gasteiger partial charge is 0.0946 e. The van der Waals surface area contributed by atoms with Gasteiger partial charge in [-0.3, -0.25) is 0 Å². The van der Waals surface area contributed by atoms with E-state index < -0.39 is 0 Å². The number of hydrogen-bond acceptors (Lipinski definition) is 2. The van der Waals surface area contributed by atoms with Crippen molar-refractivity contribution in [3.63, 3.8) is 0 Å². The van der Waals surface area contributed by atoms with Crippen molar-refractivity contribution >= 4 is 0 Å². The molecule has 2 rings (SSSR count). The van der Waals surface area contributed by atoms with Crippen molar-refractivity contribution in [2.24, 2.45) is 5.92 Å². The first-order valence-corrected chi connectivity index (χ1v) is 7.11. The van der Waals surface area contributed by atoms with Gasteiger partial charge in [0.2, 0.25) is 0 Å². The van der Waals surface area contributed by atoms with Gasteiger partial charge in [0.1, 0.15) is 0 Å². The monoisotopic (exact) mass is 235 g/mol. The molecule has 1 aliphatic rings. The van der Waals surface area contributed by atoms with Crippen LogP contribution < -0.4 is 5.32 Å².